The maximum atomic E-state index is 11.2. The Morgan fingerprint density at radius 3 is 1.64 bits per heavy atom. The molecule has 1 fully saturated rings. The van der Waals surface area contributed by atoms with Gasteiger partial charge in [0.05, 0.1) is 25.0 Å². The molecule has 0 radical (unpaired) electrons. The summed E-state index contributed by atoms with van der Waals surface area (Å²) in [5.74, 6) is -0.560. The van der Waals surface area contributed by atoms with Crippen molar-refractivity contribution in [2.24, 2.45) is 11.8 Å². The molecular weight excluding hydrogens is 184 g/mol. The molecule has 0 amide bonds. The van der Waals surface area contributed by atoms with Crippen LogP contribution in [0.2, 0.25) is 0 Å². The van der Waals surface area contributed by atoms with Crippen LogP contribution >= 0.6 is 0 Å². The molecule has 1 aliphatic rings. The van der Waals surface area contributed by atoms with Crippen molar-refractivity contribution in [3.63, 3.8) is 0 Å². The predicted molar refractivity (Wildman–Crippen MR) is 49.5 cm³/mol. The molecule has 1 aliphatic carbocycles. The van der Waals surface area contributed by atoms with Gasteiger partial charge in [0.2, 0.25) is 0 Å². The maximum absolute atomic E-state index is 11.2. The second-order valence-corrected chi connectivity index (χ2v) is 3.37. The van der Waals surface area contributed by atoms with Gasteiger partial charge in [0.1, 0.15) is 0 Å². The first kappa shape index (κ1) is 11.0. The summed E-state index contributed by atoms with van der Waals surface area (Å²) >= 11 is 0. The van der Waals surface area contributed by atoms with Crippen molar-refractivity contribution in [1.29, 1.82) is 0 Å². The summed E-state index contributed by atoms with van der Waals surface area (Å²) in [7, 11) is 0. The van der Waals surface area contributed by atoms with Gasteiger partial charge in [-0.05, 0) is 26.7 Å². The molecule has 4 heteroatoms. The van der Waals surface area contributed by atoms with E-state index in [1.807, 2.05) is 0 Å². The first-order valence-corrected chi connectivity index (χ1v) is 5.02. The maximum Gasteiger partial charge on any atom is 0.308 e. The van der Waals surface area contributed by atoms with Crippen LogP contribution < -0.4 is 0 Å². The summed E-state index contributed by atoms with van der Waals surface area (Å²) in [5, 5.41) is 0. The van der Waals surface area contributed by atoms with Crippen LogP contribution in [-0.2, 0) is 19.1 Å². The molecular formula is C10H16O4. The second kappa shape index (κ2) is 4.98. The molecule has 0 atom stereocenters. The summed E-state index contributed by atoms with van der Waals surface area (Å²) in [6, 6.07) is 0. The molecule has 0 heterocycles. The van der Waals surface area contributed by atoms with Crippen LogP contribution in [0.5, 0.6) is 0 Å². The fourth-order valence-corrected chi connectivity index (χ4v) is 1.52. The highest BCUT2D eigenvalue weighted by Crippen LogP contribution is 2.35. The number of carbonyl (C=O) groups is 2. The average molecular weight is 200 g/mol. The topological polar surface area (TPSA) is 52.6 Å². The Morgan fingerprint density at radius 1 is 1.00 bits per heavy atom. The lowest BCUT2D eigenvalue weighted by Gasteiger charge is -2.31. The molecule has 0 N–H and O–H groups in total. The van der Waals surface area contributed by atoms with Crippen molar-refractivity contribution in [3.05, 3.63) is 0 Å². The van der Waals surface area contributed by atoms with E-state index in [1.54, 1.807) is 13.8 Å². The third-order valence-corrected chi connectivity index (χ3v) is 2.38. The van der Waals surface area contributed by atoms with Crippen LogP contribution in [-0.4, -0.2) is 25.2 Å². The van der Waals surface area contributed by atoms with Crippen LogP contribution in [0.3, 0.4) is 0 Å². The predicted octanol–water partition coefficient (Wildman–Crippen LogP) is 1.14. The van der Waals surface area contributed by atoms with E-state index >= 15 is 0 Å². The number of esters is 2. The highest BCUT2D eigenvalue weighted by atomic mass is 16.5. The van der Waals surface area contributed by atoms with E-state index in [0.717, 1.165) is 0 Å². The molecule has 0 aliphatic heterocycles. The molecule has 0 aromatic rings. The van der Waals surface area contributed by atoms with Crippen LogP contribution in [0, 0.1) is 11.8 Å². The van der Waals surface area contributed by atoms with E-state index in [1.165, 1.54) is 0 Å². The normalized spacial score (nSPS) is 25.0. The zero-order valence-corrected chi connectivity index (χ0v) is 8.62. The van der Waals surface area contributed by atoms with Crippen molar-refractivity contribution in [3.8, 4) is 0 Å². The molecule has 0 aromatic heterocycles. The summed E-state index contributed by atoms with van der Waals surface area (Å²) in [4.78, 5) is 22.4. The van der Waals surface area contributed by atoms with Gasteiger partial charge in [-0.15, -0.1) is 0 Å². The minimum Gasteiger partial charge on any atom is -0.466 e. The standard InChI is InChI=1S/C10H16O4/c1-3-13-9(11)7-5-8(6-7)10(12)14-4-2/h7-8H,3-6H2,1-2H3. The minimum atomic E-state index is -0.187. The Morgan fingerprint density at radius 2 is 1.36 bits per heavy atom. The Hall–Kier alpha value is -1.06. The van der Waals surface area contributed by atoms with Crippen molar-refractivity contribution in [2.75, 3.05) is 13.2 Å². The third-order valence-electron chi connectivity index (χ3n) is 2.38. The third kappa shape index (κ3) is 2.47. The van der Waals surface area contributed by atoms with Crippen LogP contribution in [0.1, 0.15) is 26.7 Å². The smallest absolute Gasteiger partial charge is 0.308 e. The quantitative estimate of drug-likeness (QED) is 0.638. The lowest BCUT2D eigenvalue weighted by atomic mass is 9.75. The molecule has 14 heavy (non-hydrogen) atoms. The molecule has 0 spiro atoms. The number of hydrogen-bond acceptors (Lipinski definition) is 4. The van der Waals surface area contributed by atoms with Gasteiger partial charge in [-0.1, -0.05) is 0 Å². The molecule has 0 aromatic carbocycles. The fourth-order valence-electron chi connectivity index (χ4n) is 1.52. The zero-order chi connectivity index (χ0) is 10.6. The Kier molecular flexibility index (Phi) is 3.92. The minimum absolute atomic E-state index is 0.0932. The molecule has 0 bridgehead atoms. The van der Waals surface area contributed by atoms with Gasteiger partial charge >= 0.3 is 11.9 Å². The van der Waals surface area contributed by atoms with E-state index in [9.17, 15) is 9.59 Å². The zero-order valence-electron chi connectivity index (χ0n) is 8.62. The van der Waals surface area contributed by atoms with Crippen molar-refractivity contribution in [1.82, 2.24) is 0 Å². The largest absolute Gasteiger partial charge is 0.466 e. The Labute approximate surface area is 83.6 Å². The highest BCUT2D eigenvalue weighted by molar-refractivity contribution is 5.80. The average Bonchev–Trinajstić information content (AvgIpc) is 2.02. The lowest BCUT2D eigenvalue weighted by Crippen LogP contribution is -2.37. The van der Waals surface area contributed by atoms with Crippen LogP contribution in [0.4, 0.5) is 0 Å². The van der Waals surface area contributed by atoms with E-state index in [0.29, 0.717) is 26.1 Å². The lowest BCUT2D eigenvalue weighted by molar-refractivity contribution is -0.161. The van der Waals surface area contributed by atoms with E-state index in [2.05, 4.69) is 0 Å². The number of ether oxygens (including phenoxy) is 2. The Balaban J connectivity index is 2.22. The molecule has 0 saturated heterocycles. The summed E-state index contributed by atoms with van der Waals surface area (Å²) in [5.41, 5.74) is 0. The molecule has 1 rings (SSSR count). The molecule has 4 nitrogen and oxygen atoms in total. The first-order chi connectivity index (χ1) is 6.69. The van der Waals surface area contributed by atoms with Gasteiger partial charge in [0.15, 0.2) is 0 Å². The molecule has 0 unspecified atom stereocenters. The monoisotopic (exact) mass is 200 g/mol. The van der Waals surface area contributed by atoms with Crippen LogP contribution in [0.15, 0.2) is 0 Å². The van der Waals surface area contributed by atoms with Gasteiger partial charge in [-0.3, -0.25) is 9.59 Å². The van der Waals surface area contributed by atoms with Crippen molar-refractivity contribution < 1.29 is 19.1 Å². The summed E-state index contributed by atoms with van der Waals surface area (Å²) in [6.07, 6.45) is 1.16. The van der Waals surface area contributed by atoms with Crippen molar-refractivity contribution in [2.45, 2.75) is 26.7 Å². The van der Waals surface area contributed by atoms with E-state index < -0.39 is 0 Å². The fraction of sp³-hybridized carbons (Fsp3) is 0.800. The van der Waals surface area contributed by atoms with Gasteiger partial charge < -0.3 is 9.47 Å². The van der Waals surface area contributed by atoms with Gasteiger partial charge in [-0.2, -0.15) is 0 Å². The molecule has 1 saturated carbocycles. The van der Waals surface area contributed by atoms with Crippen molar-refractivity contribution >= 4 is 11.9 Å². The SMILES string of the molecule is CCOC(=O)C1CC(C(=O)OCC)C1. The highest BCUT2D eigenvalue weighted by Gasteiger charge is 2.40. The van der Waals surface area contributed by atoms with E-state index in [4.69, 9.17) is 9.47 Å². The van der Waals surface area contributed by atoms with Crippen LogP contribution in [0.25, 0.3) is 0 Å². The first-order valence-electron chi connectivity index (χ1n) is 5.02. The number of hydrogen-bond donors (Lipinski definition) is 0. The second-order valence-electron chi connectivity index (χ2n) is 3.37. The molecule has 80 valence electrons. The van der Waals surface area contributed by atoms with Gasteiger partial charge in [0.25, 0.3) is 0 Å². The summed E-state index contributed by atoms with van der Waals surface area (Å²) < 4.78 is 9.69. The van der Waals surface area contributed by atoms with Gasteiger partial charge in [-0.25, -0.2) is 0 Å². The number of rotatable bonds is 4. The number of carbonyl (C=O) groups excluding carboxylic acids is 2. The summed E-state index contributed by atoms with van der Waals surface area (Å²) in [6.45, 7) is 4.36. The van der Waals surface area contributed by atoms with E-state index in [-0.39, 0.29) is 23.8 Å². The Bertz CT molecular complexity index is 196. The van der Waals surface area contributed by atoms with Gasteiger partial charge in [0, 0.05) is 0 Å².